The molecule has 190 valence electrons. The number of methoxy groups -OCH3 is 1. The second-order valence-corrected chi connectivity index (χ2v) is 8.76. The maximum Gasteiger partial charge on any atom is 0.337 e. The molecule has 7 nitrogen and oxygen atoms in total. The van der Waals surface area contributed by atoms with Crippen molar-refractivity contribution in [1.29, 1.82) is 0 Å². The molecule has 1 fully saturated rings. The van der Waals surface area contributed by atoms with Gasteiger partial charge in [0.2, 0.25) is 0 Å². The quantitative estimate of drug-likeness (QED) is 0.142. The summed E-state index contributed by atoms with van der Waals surface area (Å²) >= 11 is 0. The lowest BCUT2D eigenvalue weighted by molar-refractivity contribution is -0.140. The number of nitrogens with zero attached hydrogens (tertiary/aromatic N) is 1. The van der Waals surface area contributed by atoms with Gasteiger partial charge in [-0.25, -0.2) is 4.79 Å². The predicted octanol–water partition coefficient (Wildman–Crippen LogP) is 5.27. The number of ketones is 1. The average Bonchev–Trinajstić information content (AvgIpc) is 3.18. The summed E-state index contributed by atoms with van der Waals surface area (Å²) < 4.78 is 10.5. The van der Waals surface area contributed by atoms with Gasteiger partial charge in [0.1, 0.15) is 11.5 Å². The van der Waals surface area contributed by atoms with Gasteiger partial charge in [-0.3, -0.25) is 9.59 Å². The van der Waals surface area contributed by atoms with Crippen molar-refractivity contribution in [2.45, 2.75) is 32.4 Å². The molecule has 1 saturated heterocycles. The Morgan fingerprint density at radius 2 is 1.68 bits per heavy atom. The van der Waals surface area contributed by atoms with Crippen molar-refractivity contribution in [2.24, 2.45) is 0 Å². The highest BCUT2D eigenvalue weighted by Gasteiger charge is 2.46. The smallest absolute Gasteiger partial charge is 0.337 e. The molecule has 1 amide bonds. The molecule has 0 bridgehead atoms. The van der Waals surface area contributed by atoms with Crippen LogP contribution in [-0.4, -0.2) is 41.4 Å². The molecule has 0 spiro atoms. The van der Waals surface area contributed by atoms with Crippen molar-refractivity contribution >= 4 is 23.4 Å². The van der Waals surface area contributed by atoms with Crippen molar-refractivity contribution in [3.8, 4) is 5.75 Å². The van der Waals surface area contributed by atoms with E-state index in [0.717, 1.165) is 18.4 Å². The van der Waals surface area contributed by atoms with E-state index in [-0.39, 0.29) is 17.9 Å². The maximum absolute atomic E-state index is 13.3. The van der Waals surface area contributed by atoms with Crippen LogP contribution < -0.4 is 4.74 Å². The first-order valence-corrected chi connectivity index (χ1v) is 12.2. The number of unbranched alkanes of at least 4 members (excludes halogenated alkanes) is 1. The summed E-state index contributed by atoms with van der Waals surface area (Å²) in [6.07, 6.45) is 1.88. The molecule has 7 heteroatoms. The topological polar surface area (TPSA) is 93.1 Å². The minimum absolute atomic E-state index is 0.0162. The minimum atomic E-state index is -0.850. The second-order valence-electron chi connectivity index (χ2n) is 8.76. The van der Waals surface area contributed by atoms with Crippen molar-refractivity contribution < 1.29 is 29.0 Å². The molecular formula is C30H29NO6. The largest absolute Gasteiger partial charge is 0.507 e. The Morgan fingerprint density at radius 1 is 0.946 bits per heavy atom. The second kappa shape index (κ2) is 11.6. The SMILES string of the molecule is CCCCOc1cccc(C(O)=C2C(=O)C(=O)N(Cc3ccccc3)C2c2ccc(C(=O)OC)cc2)c1. The first-order valence-electron chi connectivity index (χ1n) is 12.2. The number of aliphatic hydroxyl groups is 1. The fourth-order valence-corrected chi connectivity index (χ4v) is 4.31. The Labute approximate surface area is 215 Å². The summed E-state index contributed by atoms with van der Waals surface area (Å²) in [6.45, 7) is 2.78. The Morgan fingerprint density at radius 3 is 2.35 bits per heavy atom. The molecular weight excluding hydrogens is 470 g/mol. The van der Waals surface area contributed by atoms with E-state index in [9.17, 15) is 19.5 Å². The molecule has 3 aromatic carbocycles. The van der Waals surface area contributed by atoms with E-state index >= 15 is 0 Å². The van der Waals surface area contributed by atoms with Gasteiger partial charge in [0.15, 0.2) is 0 Å². The minimum Gasteiger partial charge on any atom is -0.507 e. The normalized spacial score (nSPS) is 16.6. The summed E-state index contributed by atoms with van der Waals surface area (Å²) in [5, 5.41) is 11.4. The number of rotatable bonds is 9. The molecule has 0 aromatic heterocycles. The molecule has 0 aliphatic carbocycles. The third-order valence-electron chi connectivity index (χ3n) is 6.26. The number of ether oxygens (including phenoxy) is 2. The Bertz CT molecular complexity index is 1310. The van der Waals surface area contributed by atoms with E-state index in [0.29, 0.717) is 29.0 Å². The van der Waals surface area contributed by atoms with Gasteiger partial charge in [-0.15, -0.1) is 0 Å². The number of hydrogen-bond donors (Lipinski definition) is 1. The highest BCUT2D eigenvalue weighted by molar-refractivity contribution is 6.46. The zero-order valence-electron chi connectivity index (χ0n) is 20.8. The maximum atomic E-state index is 13.3. The van der Waals surface area contributed by atoms with Crippen molar-refractivity contribution in [1.82, 2.24) is 4.90 Å². The molecule has 0 radical (unpaired) electrons. The van der Waals surface area contributed by atoms with Crippen LogP contribution in [0.5, 0.6) is 5.75 Å². The number of carbonyl (C=O) groups excluding carboxylic acids is 3. The Balaban J connectivity index is 1.79. The van der Waals surface area contributed by atoms with E-state index in [1.165, 1.54) is 12.0 Å². The summed E-state index contributed by atoms with van der Waals surface area (Å²) in [7, 11) is 1.30. The fraction of sp³-hybridized carbons (Fsp3) is 0.233. The van der Waals surface area contributed by atoms with Crippen LogP contribution in [0.25, 0.3) is 5.76 Å². The molecule has 1 unspecified atom stereocenters. The standard InChI is InChI=1S/C30H29NO6/c1-3-4-17-37-24-12-8-11-23(18-24)27(32)25-26(21-13-15-22(16-14-21)30(35)36-2)31(29(34)28(25)33)19-20-9-6-5-7-10-20/h5-16,18,26,32H,3-4,17,19H2,1-2H3. The highest BCUT2D eigenvalue weighted by Crippen LogP contribution is 2.40. The average molecular weight is 500 g/mol. The van der Waals surface area contributed by atoms with Gasteiger partial charge in [0.25, 0.3) is 11.7 Å². The van der Waals surface area contributed by atoms with Crippen molar-refractivity contribution in [3.63, 3.8) is 0 Å². The molecule has 1 N–H and O–H groups in total. The number of amides is 1. The van der Waals surface area contributed by atoms with E-state index in [2.05, 4.69) is 6.92 Å². The first kappa shape index (κ1) is 25.7. The lowest BCUT2D eigenvalue weighted by Crippen LogP contribution is -2.29. The highest BCUT2D eigenvalue weighted by atomic mass is 16.5. The van der Waals surface area contributed by atoms with Crippen molar-refractivity contribution in [3.05, 3.63) is 107 Å². The summed E-state index contributed by atoms with van der Waals surface area (Å²) in [4.78, 5) is 39.9. The molecule has 1 aliphatic heterocycles. The van der Waals surface area contributed by atoms with Crippen LogP contribution in [0.1, 0.15) is 52.9 Å². The molecule has 37 heavy (non-hydrogen) atoms. The van der Waals surface area contributed by atoms with E-state index in [4.69, 9.17) is 9.47 Å². The molecule has 0 saturated carbocycles. The molecule has 1 heterocycles. The van der Waals surface area contributed by atoms with Crippen LogP contribution in [0.2, 0.25) is 0 Å². The van der Waals surface area contributed by atoms with Crippen LogP contribution in [0.15, 0.2) is 84.4 Å². The predicted molar refractivity (Wildman–Crippen MR) is 139 cm³/mol. The molecule has 1 atom stereocenters. The lowest BCUT2D eigenvalue weighted by atomic mass is 9.94. The Kier molecular flexibility index (Phi) is 8.03. The van der Waals surface area contributed by atoms with Gasteiger partial charge in [0, 0.05) is 12.1 Å². The number of hydrogen-bond acceptors (Lipinski definition) is 6. The van der Waals surface area contributed by atoms with E-state index < -0.39 is 23.7 Å². The first-order chi connectivity index (χ1) is 17.9. The third-order valence-corrected chi connectivity index (χ3v) is 6.26. The van der Waals surface area contributed by atoms with Crippen molar-refractivity contribution in [2.75, 3.05) is 13.7 Å². The zero-order chi connectivity index (χ0) is 26.4. The summed E-state index contributed by atoms with van der Waals surface area (Å²) in [6, 6.07) is 21.8. The fourth-order valence-electron chi connectivity index (χ4n) is 4.31. The van der Waals surface area contributed by atoms with Gasteiger partial charge < -0.3 is 19.5 Å². The van der Waals surface area contributed by atoms with Gasteiger partial charge in [-0.05, 0) is 41.8 Å². The van der Waals surface area contributed by atoms with Crippen LogP contribution in [0, 0.1) is 0 Å². The monoisotopic (exact) mass is 499 g/mol. The number of aliphatic hydroxyl groups excluding tert-OH is 1. The van der Waals surface area contributed by atoms with Gasteiger partial charge >= 0.3 is 5.97 Å². The summed E-state index contributed by atoms with van der Waals surface area (Å²) in [5.74, 6) is -1.69. The number of likely N-dealkylation sites (tertiary alicyclic amines) is 1. The van der Waals surface area contributed by atoms with Crippen LogP contribution >= 0.6 is 0 Å². The lowest BCUT2D eigenvalue weighted by Gasteiger charge is -2.25. The Hall–Kier alpha value is -4.39. The zero-order valence-corrected chi connectivity index (χ0v) is 20.8. The van der Waals surface area contributed by atoms with Gasteiger partial charge in [-0.1, -0.05) is 67.9 Å². The number of Topliss-reactive ketones (excluding diaryl/α,β-unsaturated/α-hetero) is 1. The number of benzene rings is 3. The molecule has 1 aliphatic rings. The number of esters is 1. The van der Waals surface area contributed by atoms with Crippen LogP contribution in [0.3, 0.4) is 0 Å². The third kappa shape index (κ3) is 5.56. The van der Waals surface area contributed by atoms with Gasteiger partial charge in [0.05, 0.1) is 30.9 Å². The molecule has 4 rings (SSSR count). The van der Waals surface area contributed by atoms with Crippen LogP contribution in [-0.2, 0) is 20.9 Å². The summed E-state index contributed by atoms with van der Waals surface area (Å²) in [5.41, 5.74) is 2.12. The van der Waals surface area contributed by atoms with Crippen LogP contribution in [0.4, 0.5) is 0 Å². The van der Waals surface area contributed by atoms with Gasteiger partial charge in [-0.2, -0.15) is 0 Å². The number of carbonyl (C=O) groups is 3. The van der Waals surface area contributed by atoms with E-state index in [1.807, 2.05) is 30.3 Å². The molecule has 3 aromatic rings. The van der Waals surface area contributed by atoms with E-state index in [1.54, 1.807) is 48.5 Å².